The van der Waals surface area contributed by atoms with E-state index in [1.807, 2.05) is 36.4 Å². The number of carbonyl (C=O) groups excluding carboxylic acids is 1. The Hall–Kier alpha value is -4.26. The quantitative estimate of drug-likeness (QED) is 0.478. The molecule has 1 aromatic heterocycles. The number of amides is 1. The van der Waals surface area contributed by atoms with Crippen molar-refractivity contribution < 1.29 is 23.4 Å². The molecule has 1 aliphatic rings. The minimum atomic E-state index is -0.454. The summed E-state index contributed by atoms with van der Waals surface area (Å²) in [6.07, 6.45) is 0. The molecule has 0 aliphatic carbocycles. The van der Waals surface area contributed by atoms with Crippen molar-refractivity contribution in [3.63, 3.8) is 0 Å². The average Bonchev–Trinajstić information content (AvgIpc) is 2.82. The van der Waals surface area contributed by atoms with E-state index in [0.29, 0.717) is 41.7 Å². The Morgan fingerprint density at radius 2 is 1.72 bits per heavy atom. The van der Waals surface area contributed by atoms with Gasteiger partial charge < -0.3 is 23.9 Å². The Balaban J connectivity index is 1.30. The van der Waals surface area contributed by atoms with Gasteiger partial charge in [-0.1, -0.05) is 30.3 Å². The zero-order valence-electron chi connectivity index (χ0n) is 17.0. The van der Waals surface area contributed by atoms with E-state index in [2.05, 4.69) is 5.32 Å². The third-order valence-corrected chi connectivity index (χ3v) is 5.00. The highest BCUT2D eigenvalue weighted by Gasteiger charge is 2.14. The summed E-state index contributed by atoms with van der Waals surface area (Å²) in [6, 6.07) is 21.4. The molecular weight excluding hydrogens is 410 g/mol. The monoisotopic (exact) mass is 429 g/mol. The maximum atomic E-state index is 12.3. The number of hydrogen-bond donors (Lipinski definition) is 1. The summed E-state index contributed by atoms with van der Waals surface area (Å²) in [7, 11) is 0. The second-order valence-corrected chi connectivity index (χ2v) is 7.20. The highest BCUT2D eigenvalue weighted by molar-refractivity contribution is 5.94. The number of hydrogen-bond acceptors (Lipinski definition) is 6. The maximum absolute atomic E-state index is 12.3. The lowest BCUT2D eigenvalue weighted by atomic mass is 10.0. The molecule has 0 radical (unpaired) electrons. The summed E-state index contributed by atoms with van der Waals surface area (Å²) < 4.78 is 22.0. The predicted molar refractivity (Wildman–Crippen MR) is 119 cm³/mol. The van der Waals surface area contributed by atoms with Crippen molar-refractivity contribution in [3.05, 3.63) is 83.2 Å². The van der Waals surface area contributed by atoms with Crippen LogP contribution in [0.25, 0.3) is 22.1 Å². The molecule has 160 valence electrons. The minimum Gasteiger partial charge on any atom is -0.486 e. The number of ether oxygens (including phenoxy) is 3. The van der Waals surface area contributed by atoms with Gasteiger partial charge in [-0.2, -0.15) is 0 Å². The normalized spacial score (nSPS) is 12.4. The molecule has 1 amide bonds. The van der Waals surface area contributed by atoms with Crippen molar-refractivity contribution in [1.82, 2.24) is 0 Å². The van der Waals surface area contributed by atoms with Crippen LogP contribution in [0.5, 0.6) is 17.2 Å². The van der Waals surface area contributed by atoms with Crippen LogP contribution in [0, 0.1) is 0 Å². The van der Waals surface area contributed by atoms with Crippen LogP contribution in [0.4, 0.5) is 5.69 Å². The smallest absolute Gasteiger partial charge is 0.336 e. The van der Waals surface area contributed by atoms with Crippen molar-refractivity contribution >= 4 is 22.6 Å². The molecule has 0 saturated heterocycles. The summed E-state index contributed by atoms with van der Waals surface area (Å²) in [4.78, 5) is 24.4. The van der Waals surface area contributed by atoms with Crippen LogP contribution >= 0.6 is 0 Å². The van der Waals surface area contributed by atoms with Gasteiger partial charge in [-0.05, 0) is 35.4 Å². The van der Waals surface area contributed by atoms with Crippen molar-refractivity contribution in [1.29, 1.82) is 0 Å². The van der Waals surface area contributed by atoms with Gasteiger partial charge in [-0.3, -0.25) is 4.79 Å². The third-order valence-electron chi connectivity index (χ3n) is 5.00. The molecular formula is C25H19NO6. The average molecular weight is 429 g/mol. The molecule has 0 saturated carbocycles. The fourth-order valence-electron chi connectivity index (χ4n) is 3.56. The van der Waals surface area contributed by atoms with E-state index in [4.69, 9.17) is 18.6 Å². The van der Waals surface area contributed by atoms with Crippen LogP contribution in [0.3, 0.4) is 0 Å². The Morgan fingerprint density at radius 3 is 2.56 bits per heavy atom. The molecule has 0 atom stereocenters. The van der Waals surface area contributed by atoms with Gasteiger partial charge in [0.1, 0.15) is 24.5 Å². The van der Waals surface area contributed by atoms with Gasteiger partial charge in [0.2, 0.25) is 0 Å². The zero-order chi connectivity index (χ0) is 21.9. The first kappa shape index (κ1) is 19.7. The molecule has 0 unspecified atom stereocenters. The van der Waals surface area contributed by atoms with Gasteiger partial charge in [0.15, 0.2) is 18.1 Å². The second-order valence-electron chi connectivity index (χ2n) is 7.20. The Kier molecular flexibility index (Phi) is 5.21. The Morgan fingerprint density at radius 1 is 0.906 bits per heavy atom. The van der Waals surface area contributed by atoms with Crippen molar-refractivity contribution in [2.24, 2.45) is 0 Å². The van der Waals surface area contributed by atoms with Gasteiger partial charge in [0, 0.05) is 29.3 Å². The van der Waals surface area contributed by atoms with Crippen molar-refractivity contribution in [2.75, 3.05) is 25.1 Å². The van der Waals surface area contributed by atoms with E-state index < -0.39 is 5.63 Å². The van der Waals surface area contributed by atoms with Gasteiger partial charge in [-0.15, -0.1) is 0 Å². The van der Waals surface area contributed by atoms with Gasteiger partial charge in [-0.25, -0.2) is 4.79 Å². The number of carbonyl (C=O) groups is 1. The third kappa shape index (κ3) is 4.13. The van der Waals surface area contributed by atoms with E-state index >= 15 is 0 Å². The van der Waals surface area contributed by atoms with Crippen LogP contribution in [0.1, 0.15) is 0 Å². The molecule has 0 spiro atoms. The standard InChI is InChI=1S/C25H19NO6/c27-24(26-17-6-9-21-23(12-17)30-11-10-29-21)15-31-18-7-8-19-20(16-4-2-1-3-5-16)14-25(28)32-22(19)13-18/h1-9,12-14H,10-11,15H2,(H,26,27). The fourth-order valence-corrected chi connectivity index (χ4v) is 3.56. The number of nitrogens with one attached hydrogen (secondary N) is 1. The first-order valence-electron chi connectivity index (χ1n) is 10.1. The zero-order valence-corrected chi connectivity index (χ0v) is 17.0. The van der Waals surface area contributed by atoms with Crippen LogP contribution in [0.15, 0.2) is 82.0 Å². The van der Waals surface area contributed by atoms with Crippen molar-refractivity contribution in [2.45, 2.75) is 0 Å². The largest absolute Gasteiger partial charge is 0.486 e. The van der Waals surface area contributed by atoms with E-state index in [1.54, 1.807) is 30.3 Å². The lowest BCUT2D eigenvalue weighted by Crippen LogP contribution is -2.20. The maximum Gasteiger partial charge on any atom is 0.336 e. The molecule has 2 heterocycles. The molecule has 7 heteroatoms. The molecule has 0 fully saturated rings. The minimum absolute atomic E-state index is 0.206. The molecule has 0 bridgehead atoms. The second kappa shape index (κ2) is 8.47. The van der Waals surface area contributed by atoms with Crippen LogP contribution in [-0.4, -0.2) is 25.7 Å². The lowest BCUT2D eigenvalue weighted by Gasteiger charge is -2.19. The first-order valence-corrected chi connectivity index (χ1v) is 10.1. The first-order chi connectivity index (χ1) is 15.7. The van der Waals surface area contributed by atoms with E-state index in [-0.39, 0.29) is 12.5 Å². The summed E-state index contributed by atoms with van der Waals surface area (Å²) in [5.74, 6) is 1.33. The molecule has 7 nitrogen and oxygen atoms in total. The number of rotatable bonds is 5. The fraction of sp³-hybridized carbons (Fsp3) is 0.120. The SMILES string of the molecule is O=C(COc1ccc2c(-c3ccccc3)cc(=O)oc2c1)Nc1ccc2c(c1)OCCO2. The summed E-state index contributed by atoms with van der Waals surface area (Å²) in [6.45, 7) is 0.769. The lowest BCUT2D eigenvalue weighted by molar-refractivity contribution is -0.118. The number of anilines is 1. The highest BCUT2D eigenvalue weighted by atomic mass is 16.6. The van der Waals surface area contributed by atoms with Crippen molar-refractivity contribution in [3.8, 4) is 28.4 Å². The predicted octanol–water partition coefficient (Wildman–Crippen LogP) is 4.25. The number of fused-ring (bicyclic) bond motifs is 2. The topological polar surface area (TPSA) is 87.0 Å². The van der Waals surface area contributed by atoms with E-state index in [0.717, 1.165) is 16.5 Å². The molecule has 1 aliphatic heterocycles. The van der Waals surface area contributed by atoms with Crippen LogP contribution in [0.2, 0.25) is 0 Å². The Labute approximate surface area is 183 Å². The Bertz CT molecular complexity index is 1350. The summed E-state index contributed by atoms with van der Waals surface area (Å²) in [5, 5.41) is 3.55. The molecule has 3 aromatic carbocycles. The molecule has 5 rings (SSSR count). The van der Waals surface area contributed by atoms with Gasteiger partial charge in [0.25, 0.3) is 5.91 Å². The molecule has 4 aromatic rings. The highest BCUT2D eigenvalue weighted by Crippen LogP contribution is 2.33. The van der Waals surface area contributed by atoms with Gasteiger partial charge >= 0.3 is 5.63 Å². The van der Waals surface area contributed by atoms with Crippen LogP contribution in [-0.2, 0) is 4.79 Å². The van der Waals surface area contributed by atoms with E-state index in [1.165, 1.54) is 6.07 Å². The molecule has 32 heavy (non-hydrogen) atoms. The summed E-state index contributed by atoms with van der Waals surface area (Å²) in [5.41, 5.74) is 2.21. The van der Waals surface area contributed by atoms with E-state index in [9.17, 15) is 9.59 Å². The summed E-state index contributed by atoms with van der Waals surface area (Å²) >= 11 is 0. The molecule has 1 N–H and O–H groups in total. The van der Waals surface area contributed by atoms with Gasteiger partial charge in [0.05, 0.1) is 0 Å². The number of benzene rings is 3. The van der Waals surface area contributed by atoms with Crippen LogP contribution < -0.4 is 25.2 Å².